The second kappa shape index (κ2) is 10.2. The molecule has 1 saturated heterocycles. The van der Waals surface area contributed by atoms with Gasteiger partial charge in [-0.3, -0.25) is 14.3 Å². The fraction of sp³-hybridized carbons (Fsp3) is 0.286. The first-order valence-corrected chi connectivity index (χ1v) is 11.1. The Balaban J connectivity index is 1.40. The van der Waals surface area contributed by atoms with Crippen LogP contribution in [0, 0.1) is 0 Å². The second-order valence-corrected chi connectivity index (χ2v) is 8.40. The van der Waals surface area contributed by atoms with Crippen molar-refractivity contribution in [2.45, 2.75) is 24.9 Å². The Kier molecular flexibility index (Phi) is 7.09. The molecule has 0 amide bonds. The molecule has 3 N–H and O–H groups in total. The minimum absolute atomic E-state index is 0.0269. The molecule has 2 aromatic carbocycles. The number of fused-ring (bicyclic) bond motifs is 1. The molecule has 11 heteroatoms. The summed E-state index contributed by atoms with van der Waals surface area (Å²) in [4.78, 5) is 36.2. The molecule has 0 bridgehead atoms. The summed E-state index contributed by atoms with van der Waals surface area (Å²) in [6, 6.07) is 14.6. The van der Waals surface area contributed by atoms with Gasteiger partial charge >= 0.3 is 14.2 Å². The van der Waals surface area contributed by atoms with E-state index in [4.69, 9.17) is 13.8 Å². The minimum Gasteiger partial charge on any atom is -0.436 e. The molecule has 1 aromatic heterocycles. The monoisotopic (exact) mass is 459 g/mol. The molecule has 4 unspecified atom stereocenters. The number of ether oxygens (including phenoxy) is 1. The Morgan fingerprint density at radius 1 is 1.22 bits per heavy atom. The normalized spacial score (nSPS) is 21.5. The van der Waals surface area contributed by atoms with Gasteiger partial charge in [0.15, 0.2) is 0 Å². The van der Waals surface area contributed by atoms with Crippen molar-refractivity contribution < 1.29 is 23.7 Å². The minimum atomic E-state index is -1.70. The lowest BCUT2D eigenvalue weighted by Crippen LogP contribution is -2.32. The lowest BCUT2D eigenvalue weighted by molar-refractivity contribution is -0.107. The summed E-state index contributed by atoms with van der Waals surface area (Å²) < 4.78 is 18.7. The SMILES string of the molecule is O=CCNP(OCC1OC(n2ccc(=O)[nH]c2=O)CC1O)Oc1ccc2ccccc2c1. The van der Waals surface area contributed by atoms with Gasteiger partial charge in [-0.05, 0) is 22.9 Å². The molecular weight excluding hydrogens is 437 g/mol. The number of aromatic amines is 1. The maximum absolute atomic E-state index is 12.0. The molecular formula is C21H22N3O7P. The van der Waals surface area contributed by atoms with Crippen molar-refractivity contribution in [3.8, 4) is 5.75 Å². The molecule has 4 rings (SSSR count). The lowest BCUT2D eigenvalue weighted by Gasteiger charge is -2.21. The van der Waals surface area contributed by atoms with Crippen molar-refractivity contribution in [2.75, 3.05) is 13.2 Å². The van der Waals surface area contributed by atoms with E-state index in [-0.39, 0.29) is 19.6 Å². The molecule has 4 atom stereocenters. The van der Waals surface area contributed by atoms with Gasteiger partial charge in [0.2, 0.25) is 0 Å². The smallest absolute Gasteiger partial charge is 0.330 e. The van der Waals surface area contributed by atoms with E-state index in [9.17, 15) is 19.5 Å². The van der Waals surface area contributed by atoms with E-state index in [0.29, 0.717) is 12.0 Å². The van der Waals surface area contributed by atoms with E-state index in [2.05, 4.69) is 10.1 Å². The highest BCUT2D eigenvalue weighted by atomic mass is 31.2. The van der Waals surface area contributed by atoms with Gasteiger partial charge in [-0.1, -0.05) is 30.3 Å². The summed E-state index contributed by atoms with van der Waals surface area (Å²) in [6.45, 7) is 0.00364. The van der Waals surface area contributed by atoms with Crippen LogP contribution in [0.3, 0.4) is 0 Å². The molecule has 168 valence electrons. The number of carbonyl (C=O) groups excluding carboxylic acids is 1. The van der Waals surface area contributed by atoms with E-state index in [1.807, 2.05) is 42.5 Å². The van der Waals surface area contributed by atoms with Crippen molar-refractivity contribution in [3.63, 3.8) is 0 Å². The molecule has 0 aliphatic carbocycles. The van der Waals surface area contributed by atoms with Gasteiger partial charge in [0.1, 0.15) is 24.4 Å². The summed E-state index contributed by atoms with van der Waals surface area (Å²) in [5, 5.41) is 15.3. The summed E-state index contributed by atoms with van der Waals surface area (Å²) in [6.07, 6.45) is -0.168. The third-order valence-electron chi connectivity index (χ3n) is 4.93. The fourth-order valence-electron chi connectivity index (χ4n) is 3.37. The van der Waals surface area contributed by atoms with Crippen molar-refractivity contribution in [1.82, 2.24) is 14.6 Å². The van der Waals surface area contributed by atoms with Crippen LogP contribution in [0.2, 0.25) is 0 Å². The van der Waals surface area contributed by atoms with Crippen LogP contribution >= 0.6 is 8.53 Å². The Hall–Kier alpha value is -2.88. The molecule has 1 aliphatic rings. The average molecular weight is 459 g/mol. The number of rotatable bonds is 9. The zero-order chi connectivity index (χ0) is 22.5. The largest absolute Gasteiger partial charge is 0.436 e. The van der Waals surface area contributed by atoms with Crippen LogP contribution in [-0.2, 0) is 14.1 Å². The van der Waals surface area contributed by atoms with Crippen LogP contribution < -0.4 is 20.9 Å². The Morgan fingerprint density at radius 3 is 2.81 bits per heavy atom. The lowest BCUT2D eigenvalue weighted by atomic mass is 10.1. The van der Waals surface area contributed by atoms with Crippen molar-refractivity contribution >= 4 is 25.6 Å². The first kappa shape index (κ1) is 22.3. The molecule has 0 radical (unpaired) electrons. The Bertz CT molecular complexity index is 1200. The maximum atomic E-state index is 12.0. The van der Waals surface area contributed by atoms with Crippen LogP contribution in [0.1, 0.15) is 12.6 Å². The molecule has 10 nitrogen and oxygen atoms in total. The quantitative estimate of drug-likeness (QED) is 0.324. The molecule has 0 spiro atoms. The Morgan fingerprint density at radius 2 is 2.03 bits per heavy atom. The fourth-order valence-corrected chi connectivity index (χ4v) is 4.39. The predicted molar refractivity (Wildman–Crippen MR) is 117 cm³/mol. The van der Waals surface area contributed by atoms with Gasteiger partial charge in [-0.2, -0.15) is 0 Å². The zero-order valence-electron chi connectivity index (χ0n) is 16.9. The third kappa shape index (κ3) is 5.29. The number of nitrogens with one attached hydrogen (secondary N) is 2. The molecule has 32 heavy (non-hydrogen) atoms. The number of aliphatic hydroxyl groups excluding tert-OH is 1. The number of nitrogens with zero attached hydrogens (tertiary/aromatic N) is 1. The molecule has 3 aromatic rings. The van der Waals surface area contributed by atoms with Gasteiger partial charge in [-0.15, -0.1) is 0 Å². The van der Waals surface area contributed by atoms with E-state index in [1.165, 1.54) is 16.8 Å². The Labute approximate surface area is 183 Å². The first-order chi connectivity index (χ1) is 15.5. The van der Waals surface area contributed by atoms with Gasteiger partial charge in [-0.25, -0.2) is 9.88 Å². The predicted octanol–water partition coefficient (Wildman–Crippen LogP) is 1.45. The highest BCUT2D eigenvalue weighted by molar-refractivity contribution is 7.45. The van der Waals surface area contributed by atoms with Gasteiger partial charge in [0, 0.05) is 18.7 Å². The van der Waals surface area contributed by atoms with Gasteiger partial charge in [0.25, 0.3) is 5.56 Å². The van der Waals surface area contributed by atoms with Crippen LogP contribution in [0.25, 0.3) is 10.8 Å². The van der Waals surface area contributed by atoms with Crippen molar-refractivity contribution in [1.29, 1.82) is 0 Å². The number of carbonyl (C=O) groups is 1. The van der Waals surface area contributed by atoms with E-state index >= 15 is 0 Å². The van der Waals surface area contributed by atoms with E-state index < -0.39 is 38.2 Å². The van der Waals surface area contributed by atoms with Crippen molar-refractivity contribution in [2.24, 2.45) is 0 Å². The summed E-state index contributed by atoms with van der Waals surface area (Å²) in [5.41, 5.74) is -1.13. The summed E-state index contributed by atoms with van der Waals surface area (Å²) >= 11 is 0. The maximum Gasteiger partial charge on any atom is 0.330 e. The number of aldehydes is 1. The molecule has 0 saturated carbocycles. The molecule has 1 aliphatic heterocycles. The van der Waals surface area contributed by atoms with E-state index in [1.54, 1.807) is 0 Å². The van der Waals surface area contributed by atoms with Crippen LogP contribution in [0.4, 0.5) is 0 Å². The van der Waals surface area contributed by atoms with Crippen molar-refractivity contribution in [3.05, 3.63) is 75.6 Å². The summed E-state index contributed by atoms with van der Waals surface area (Å²) in [7, 11) is -1.70. The van der Waals surface area contributed by atoms with Crippen LogP contribution in [0.15, 0.2) is 64.3 Å². The highest BCUT2D eigenvalue weighted by Crippen LogP contribution is 2.38. The standard InChI is InChI=1S/C21H22N3O7P/c25-10-8-22-32(31-16-6-5-14-3-1-2-4-15(14)11-16)29-13-18-17(26)12-20(30-18)24-9-7-19(27)23-21(24)28/h1-7,9-11,17-18,20,22,26H,8,12-13H2,(H,23,27,28). The average Bonchev–Trinajstić information content (AvgIpc) is 3.15. The first-order valence-electron chi connectivity index (χ1n) is 9.95. The number of hydrogen-bond donors (Lipinski definition) is 3. The van der Waals surface area contributed by atoms with Gasteiger partial charge in [0.05, 0.1) is 19.3 Å². The molecule has 1 fully saturated rings. The number of H-pyrrole nitrogens is 1. The topological polar surface area (TPSA) is 132 Å². The summed E-state index contributed by atoms with van der Waals surface area (Å²) in [5.74, 6) is 0.568. The van der Waals surface area contributed by atoms with E-state index in [0.717, 1.165) is 10.8 Å². The van der Waals surface area contributed by atoms with Crippen LogP contribution in [0.5, 0.6) is 5.75 Å². The zero-order valence-corrected chi connectivity index (χ0v) is 17.8. The number of aromatic nitrogens is 2. The number of hydrogen-bond acceptors (Lipinski definition) is 8. The number of benzene rings is 2. The number of aliphatic hydroxyl groups is 1. The third-order valence-corrected chi connectivity index (χ3v) is 6.14. The van der Waals surface area contributed by atoms with Crippen LogP contribution in [-0.4, -0.2) is 46.3 Å². The highest BCUT2D eigenvalue weighted by Gasteiger charge is 2.36. The van der Waals surface area contributed by atoms with Gasteiger partial charge < -0.3 is 23.7 Å². The molecule has 2 heterocycles. The second-order valence-electron chi connectivity index (χ2n) is 7.13.